The fraction of sp³-hybridized carbons (Fsp3) is 0.385. The van der Waals surface area contributed by atoms with Gasteiger partial charge < -0.3 is 14.6 Å². The standard InChI is InChI=1S/C13H14BrClFN3O2/c1-21-3-2-17-13(20)7-19-11-5-9(16)8(14)4-10(11)18-12(19)6-15/h4-5H,2-3,6-7H2,1H3,(H,17,20). The van der Waals surface area contributed by atoms with Crippen LogP contribution in [0.15, 0.2) is 16.6 Å². The number of imidazole rings is 1. The Morgan fingerprint density at radius 3 is 3.00 bits per heavy atom. The molecule has 0 atom stereocenters. The number of benzene rings is 1. The van der Waals surface area contributed by atoms with Crippen LogP contribution >= 0.6 is 27.5 Å². The zero-order chi connectivity index (χ0) is 15.4. The summed E-state index contributed by atoms with van der Waals surface area (Å²) >= 11 is 8.97. The molecular formula is C13H14BrClFN3O2. The molecule has 2 aromatic rings. The second-order valence-electron chi connectivity index (χ2n) is 4.35. The molecule has 1 aromatic carbocycles. The summed E-state index contributed by atoms with van der Waals surface area (Å²) in [5, 5.41) is 2.71. The lowest BCUT2D eigenvalue weighted by Gasteiger charge is -2.08. The van der Waals surface area contributed by atoms with E-state index in [0.717, 1.165) is 0 Å². The summed E-state index contributed by atoms with van der Waals surface area (Å²) in [5.74, 6) is 0.0379. The lowest BCUT2D eigenvalue weighted by atomic mass is 10.3. The summed E-state index contributed by atoms with van der Waals surface area (Å²) in [7, 11) is 1.56. The van der Waals surface area contributed by atoms with Crippen molar-refractivity contribution in [3.8, 4) is 0 Å². The number of alkyl halides is 1. The van der Waals surface area contributed by atoms with E-state index < -0.39 is 5.82 Å². The molecule has 114 valence electrons. The first-order valence-electron chi connectivity index (χ1n) is 6.22. The van der Waals surface area contributed by atoms with Crippen LogP contribution in [0, 0.1) is 5.82 Å². The summed E-state index contributed by atoms with van der Waals surface area (Å²) in [6.45, 7) is 0.877. The van der Waals surface area contributed by atoms with E-state index in [1.807, 2.05) is 0 Å². The Morgan fingerprint density at radius 1 is 1.57 bits per heavy atom. The molecule has 0 spiro atoms. The van der Waals surface area contributed by atoms with Crippen molar-refractivity contribution in [2.45, 2.75) is 12.4 Å². The molecule has 1 heterocycles. The zero-order valence-corrected chi connectivity index (χ0v) is 13.7. The number of nitrogens with zero attached hydrogens (tertiary/aromatic N) is 2. The van der Waals surface area contributed by atoms with Crippen LogP contribution < -0.4 is 5.32 Å². The van der Waals surface area contributed by atoms with Crippen molar-refractivity contribution in [3.05, 3.63) is 28.2 Å². The molecular weight excluding hydrogens is 365 g/mol. The van der Waals surface area contributed by atoms with Crippen LogP contribution in [0.1, 0.15) is 5.82 Å². The Hall–Kier alpha value is -1.18. The summed E-state index contributed by atoms with van der Waals surface area (Å²) in [6.07, 6.45) is 0. The van der Waals surface area contributed by atoms with Crippen LogP contribution in [0.2, 0.25) is 0 Å². The maximum Gasteiger partial charge on any atom is 0.240 e. The maximum atomic E-state index is 13.7. The van der Waals surface area contributed by atoms with E-state index in [4.69, 9.17) is 16.3 Å². The van der Waals surface area contributed by atoms with Crippen molar-refractivity contribution in [2.24, 2.45) is 0 Å². The van der Waals surface area contributed by atoms with Gasteiger partial charge in [0.15, 0.2) is 0 Å². The molecule has 1 amide bonds. The minimum absolute atomic E-state index is 0.0311. The van der Waals surface area contributed by atoms with E-state index in [9.17, 15) is 9.18 Å². The van der Waals surface area contributed by atoms with E-state index in [1.165, 1.54) is 6.07 Å². The molecule has 5 nitrogen and oxygen atoms in total. The monoisotopic (exact) mass is 377 g/mol. The Labute approximate surface area is 134 Å². The van der Waals surface area contributed by atoms with Gasteiger partial charge in [-0.1, -0.05) is 0 Å². The average molecular weight is 379 g/mol. The lowest BCUT2D eigenvalue weighted by molar-refractivity contribution is -0.121. The molecule has 0 saturated carbocycles. The summed E-state index contributed by atoms with van der Waals surface area (Å²) in [5.41, 5.74) is 1.12. The molecule has 0 saturated heterocycles. The molecule has 2 rings (SSSR count). The molecule has 0 radical (unpaired) electrons. The van der Waals surface area contributed by atoms with Crippen molar-refractivity contribution in [3.63, 3.8) is 0 Å². The van der Waals surface area contributed by atoms with Gasteiger partial charge in [0.1, 0.15) is 18.2 Å². The van der Waals surface area contributed by atoms with Gasteiger partial charge in [0, 0.05) is 19.7 Å². The smallest absolute Gasteiger partial charge is 0.240 e. The normalized spacial score (nSPS) is 11.0. The van der Waals surface area contributed by atoms with Gasteiger partial charge >= 0.3 is 0 Å². The average Bonchev–Trinajstić information content (AvgIpc) is 2.77. The highest BCUT2D eigenvalue weighted by Crippen LogP contribution is 2.24. The highest BCUT2D eigenvalue weighted by atomic mass is 79.9. The van der Waals surface area contributed by atoms with Crippen molar-refractivity contribution in [1.82, 2.24) is 14.9 Å². The Balaban J connectivity index is 2.29. The number of fused-ring (bicyclic) bond motifs is 1. The Kier molecular flexibility index (Phi) is 5.55. The molecule has 0 unspecified atom stereocenters. The third kappa shape index (κ3) is 3.72. The van der Waals surface area contributed by atoms with E-state index in [0.29, 0.717) is 34.5 Å². The third-order valence-electron chi connectivity index (χ3n) is 2.92. The van der Waals surface area contributed by atoms with Crippen LogP contribution in [-0.4, -0.2) is 35.7 Å². The summed E-state index contributed by atoms with van der Waals surface area (Å²) in [6, 6.07) is 2.91. The number of halogens is 3. The van der Waals surface area contributed by atoms with Gasteiger partial charge in [0.05, 0.1) is 28.0 Å². The SMILES string of the molecule is COCCNC(=O)Cn1c(CCl)nc2cc(Br)c(F)cc21. The van der Waals surface area contributed by atoms with Crippen molar-refractivity contribution in [2.75, 3.05) is 20.3 Å². The maximum absolute atomic E-state index is 13.7. The van der Waals surface area contributed by atoms with E-state index in [1.54, 1.807) is 17.7 Å². The second kappa shape index (κ2) is 7.20. The third-order valence-corrected chi connectivity index (χ3v) is 3.77. The number of hydrogen-bond acceptors (Lipinski definition) is 3. The number of rotatable bonds is 6. The number of hydrogen-bond donors (Lipinski definition) is 1. The minimum Gasteiger partial charge on any atom is -0.383 e. The number of ether oxygens (including phenoxy) is 1. The lowest BCUT2D eigenvalue weighted by Crippen LogP contribution is -2.30. The molecule has 21 heavy (non-hydrogen) atoms. The number of amides is 1. The van der Waals surface area contributed by atoms with Crippen molar-refractivity contribution < 1.29 is 13.9 Å². The molecule has 8 heteroatoms. The predicted octanol–water partition coefficient (Wildman–Crippen LogP) is 2.44. The number of carbonyl (C=O) groups excluding carboxylic acids is 1. The Bertz CT molecular complexity index is 662. The van der Waals surface area contributed by atoms with E-state index in [2.05, 4.69) is 26.2 Å². The first kappa shape index (κ1) is 16.2. The highest BCUT2D eigenvalue weighted by Gasteiger charge is 2.15. The fourth-order valence-electron chi connectivity index (χ4n) is 1.94. The van der Waals surface area contributed by atoms with Crippen LogP contribution in [0.3, 0.4) is 0 Å². The van der Waals surface area contributed by atoms with Crippen molar-refractivity contribution >= 4 is 44.5 Å². The van der Waals surface area contributed by atoms with Gasteiger partial charge in [-0.2, -0.15) is 0 Å². The van der Waals surface area contributed by atoms with E-state index in [-0.39, 0.29) is 18.3 Å². The number of methoxy groups -OCH3 is 1. The molecule has 1 N–H and O–H groups in total. The molecule has 0 aliphatic rings. The van der Waals surface area contributed by atoms with Crippen LogP contribution in [0.25, 0.3) is 11.0 Å². The van der Waals surface area contributed by atoms with Gasteiger partial charge in [-0.05, 0) is 22.0 Å². The Morgan fingerprint density at radius 2 is 2.33 bits per heavy atom. The van der Waals surface area contributed by atoms with Crippen LogP contribution in [-0.2, 0) is 22.0 Å². The number of aromatic nitrogens is 2. The van der Waals surface area contributed by atoms with Gasteiger partial charge in [0.2, 0.25) is 5.91 Å². The first-order chi connectivity index (χ1) is 10.1. The highest BCUT2D eigenvalue weighted by molar-refractivity contribution is 9.10. The topological polar surface area (TPSA) is 56.1 Å². The molecule has 0 aliphatic carbocycles. The van der Waals surface area contributed by atoms with Gasteiger partial charge in [0.25, 0.3) is 0 Å². The largest absolute Gasteiger partial charge is 0.383 e. The molecule has 0 aliphatic heterocycles. The number of nitrogens with one attached hydrogen (secondary N) is 1. The fourth-order valence-corrected chi connectivity index (χ4v) is 2.48. The van der Waals surface area contributed by atoms with E-state index >= 15 is 0 Å². The second-order valence-corrected chi connectivity index (χ2v) is 5.47. The molecule has 1 aromatic heterocycles. The van der Waals surface area contributed by atoms with Crippen molar-refractivity contribution in [1.29, 1.82) is 0 Å². The quantitative estimate of drug-likeness (QED) is 0.620. The molecule has 0 fully saturated rings. The first-order valence-corrected chi connectivity index (χ1v) is 7.55. The molecule has 0 bridgehead atoms. The van der Waals surface area contributed by atoms with Crippen LogP contribution in [0.4, 0.5) is 4.39 Å². The zero-order valence-electron chi connectivity index (χ0n) is 11.3. The number of carbonyl (C=O) groups is 1. The van der Waals surface area contributed by atoms with Crippen LogP contribution in [0.5, 0.6) is 0 Å². The van der Waals surface area contributed by atoms with Gasteiger partial charge in [-0.25, -0.2) is 9.37 Å². The minimum atomic E-state index is -0.412. The summed E-state index contributed by atoms with van der Waals surface area (Å²) < 4.78 is 20.5. The van der Waals surface area contributed by atoms with Gasteiger partial charge in [-0.15, -0.1) is 11.6 Å². The van der Waals surface area contributed by atoms with Gasteiger partial charge in [-0.3, -0.25) is 4.79 Å². The predicted molar refractivity (Wildman–Crippen MR) is 81.8 cm³/mol. The summed E-state index contributed by atoms with van der Waals surface area (Å²) in [4.78, 5) is 16.2.